The lowest BCUT2D eigenvalue weighted by Crippen LogP contribution is -1.94. The summed E-state index contributed by atoms with van der Waals surface area (Å²) < 4.78 is 1.11. The molecular weight excluding hydrogens is 340 g/mol. The Kier molecular flexibility index (Phi) is 3.92. The van der Waals surface area contributed by atoms with Gasteiger partial charge in [-0.25, -0.2) is 0 Å². The topological polar surface area (TPSA) is 0 Å². The molecule has 3 heteroatoms. The average molecular weight is 352 g/mol. The number of fused-ring (bicyclic) bond motifs is 1. The Balaban J connectivity index is 1.90. The first kappa shape index (κ1) is 13.2. The quantitative estimate of drug-likeness (QED) is 0.494. The van der Waals surface area contributed by atoms with Crippen LogP contribution in [0.1, 0.15) is 16.5 Å². The highest BCUT2D eigenvalue weighted by Gasteiger charge is 2.10. The Morgan fingerprint density at radius 3 is 2.63 bits per heavy atom. The molecule has 0 aliphatic rings. The first-order valence-electron chi connectivity index (χ1n) is 6.07. The van der Waals surface area contributed by atoms with Gasteiger partial charge in [0.15, 0.2) is 0 Å². The van der Waals surface area contributed by atoms with E-state index in [0.29, 0.717) is 0 Å². The number of halogens is 2. The zero-order chi connectivity index (χ0) is 13.2. The van der Waals surface area contributed by atoms with Crippen LogP contribution in [0, 0.1) is 0 Å². The molecule has 3 aromatic rings. The first-order valence-corrected chi connectivity index (χ1v) is 8.24. The second-order valence-corrected chi connectivity index (χ2v) is 6.78. The van der Waals surface area contributed by atoms with E-state index in [9.17, 15) is 0 Å². The lowest BCUT2D eigenvalue weighted by atomic mass is 10.0. The van der Waals surface area contributed by atoms with E-state index in [-0.39, 0.29) is 5.38 Å². The van der Waals surface area contributed by atoms with Crippen LogP contribution in [-0.4, -0.2) is 0 Å². The first-order chi connectivity index (χ1) is 9.22. The molecule has 19 heavy (non-hydrogen) atoms. The molecule has 0 nitrogen and oxygen atoms in total. The minimum Gasteiger partial charge on any atom is -0.152 e. The van der Waals surface area contributed by atoms with Crippen LogP contribution in [0.3, 0.4) is 0 Å². The molecule has 0 aliphatic heterocycles. The highest BCUT2D eigenvalue weighted by atomic mass is 79.9. The molecule has 0 radical (unpaired) electrons. The minimum atomic E-state index is 0.0302. The van der Waals surface area contributed by atoms with Crippen molar-refractivity contribution in [1.29, 1.82) is 0 Å². The predicted octanol–water partition coefficient (Wildman–Crippen LogP) is 6.19. The van der Waals surface area contributed by atoms with E-state index in [1.165, 1.54) is 21.9 Å². The molecule has 0 bridgehead atoms. The minimum absolute atomic E-state index is 0.0302. The molecule has 2 aromatic carbocycles. The Labute approximate surface area is 130 Å². The van der Waals surface area contributed by atoms with Gasteiger partial charge in [0.05, 0.1) is 5.38 Å². The second-order valence-electron chi connectivity index (χ2n) is 4.55. The maximum absolute atomic E-state index is 6.52. The van der Waals surface area contributed by atoms with Crippen molar-refractivity contribution in [3.63, 3.8) is 0 Å². The predicted molar refractivity (Wildman–Crippen MR) is 88.3 cm³/mol. The van der Waals surface area contributed by atoms with Gasteiger partial charge in [-0.2, -0.15) is 11.3 Å². The van der Waals surface area contributed by atoms with Gasteiger partial charge in [-0.15, -0.1) is 11.6 Å². The Morgan fingerprint density at radius 1 is 1.05 bits per heavy atom. The summed E-state index contributed by atoms with van der Waals surface area (Å²) in [5.74, 6) is 0. The van der Waals surface area contributed by atoms with Crippen molar-refractivity contribution in [2.45, 2.75) is 11.8 Å². The van der Waals surface area contributed by atoms with Crippen LogP contribution >= 0.6 is 38.9 Å². The summed E-state index contributed by atoms with van der Waals surface area (Å²) in [5, 5.41) is 6.75. The fraction of sp³-hybridized carbons (Fsp3) is 0.125. The van der Waals surface area contributed by atoms with Gasteiger partial charge in [0, 0.05) is 4.47 Å². The van der Waals surface area contributed by atoms with E-state index in [1.807, 2.05) is 0 Å². The van der Waals surface area contributed by atoms with Crippen LogP contribution in [0.25, 0.3) is 10.8 Å². The van der Waals surface area contributed by atoms with Crippen molar-refractivity contribution < 1.29 is 0 Å². The molecule has 1 unspecified atom stereocenters. The lowest BCUT2D eigenvalue weighted by molar-refractivity contribution is 0.926. The third-order valence-electron chi connectivity index (χ3n) is 3.18. The van der Waals surface area contributed by atoms with Crippen LogP contribution in [0.2, 0.25) is 0 Å². The summed E-state index contributed by atoms with van der Waals surface area (Å²) in [6, 6.07) is 14.9. The van der Waals surface area contributed by atoms with E-state index in [1.54, 1.807) is 11.3 Å². The van der Waals surface area contributed by atoms with Crippen molar-refractivity contribution in [2.75, 3.05) is 0 Å². The van der Waals surface area contributed by atoms with Crippen LogP contribution < -0.4 is 0 Å². The molecule has 0 saturated carbocycles. The molecule has 0 spiro atoms. The van der Waals surface area contributed by atoms with E-state index in [2.05, 4.69) is 69.2 Å². The van der Waals surface area contributed by atoms with Gasteiger partial charge in [-0.1, -0.05) is 34.1 Å². The molecule has 0 fully saturated rings. The van der Waals surface area contributed by atoms with Gasteiger partial charge in [0.1, 0.15) is 0 Å². The van der Waals surface area contributed by atoms with E-state index in [0.717, 1.165) is 10.9 Å². The normalized spacial score (nSPS) is 12.7. The lowest BCUT2D eigenvalue weighted by Gasteiger charge is -2.10. The number of alkyl halides is 1. The number of hydrogen-bond acceptors (Lipinski definition) is 1. The zero-order valence-corrected chi connectivity index (χ0v) is 13.3. The summed E-state index contributed by atoms with van der Waals surface area (Å²) in [6.07, 6.45) is 0.882. The number of thiophene rings is 1. The molecule has 1 heterocycles. The standard InChI is InChI=1S/C16H12BrClS/c17-15-4-3-12-8-14(2-1-13(12)9-15)16(18)7-11-5-6-19-10-11/h1-6,8-10,16H,7H2. The number of hydrogen-bond donors (Lipinski definition) is 0. The molecule has 0 aliphatic carbocycles. The Bertz CT molecular complexity index is 691. The molecular formula is C16H12BrClS. The summed E-state index contributed by atoms with van der Waals surface area (Å²) in [6.45, 7) is 0. The third kappa shape index (κ3) is 3.02. The van der Waals surface area contributed by atoms with Crippen molar-refractivity contribution in [3.8, 4) is 0 Å². The summed E-state index contributed by atoms with van der Waals surface area (Å²) in [4.78, 5) is 0. The highest BCUT2D eigenvalue weighted by Crippen LogP contribution is 2.29. The van der Waals surface area contributed by atoms with Crippen LogP contribution in [0.5, 0.6) is 0 Å². The molecule has 0 N–H and O–H groups in total. The van der Waals surface area contributed by atoms with Crippen molar-refractivity contribution in [2.24, 2.45) is 0 Å². The van der Waals surface area contributed by atoms with Gasteiger partial charge in [-0.3, -0.25) is 0 Å². The van der Waals surface area contributed by atoms with E-state index in [4.69, 9.17) is 11.6 Å². The largest absolute Gasteiger partial charge is 0.152 e. The number of benzene rings is 2. The number of rotatable bonds is 3. The van der Waals surface area contributed by atoms with Crippen LogP contribution in [0.15, 0.2) is 57.7 Å². The van der Waals surface area contributed by atoms with Crippen LogP contribution in [-0.2, 0) is 6.42 Å². The molecule has 0 amide bonds. The van der Waals surface area contributed by atoms with Crippen molar-refractivity contribution in [3.05, 3.63) is 68.8 Å². The molecule has 3 rings (SSSR count). The summed E-state index contributed by atoms with van der Waals surface area (Å²) in [5.41, 5.74) is 2.49. The van der Waals surface area contributed by atoms with Crippen LogP contribution in [0.4, 0.5) is 0 Å². The SMILES string of the molecule is ClC(Cc1ccsc1)c1ccc2cc(Br)ccc2c1. The third-order valence-corrected chi connectivity index (χ3v) is 4.81. The van der Waals surface area contributed by atoms with Gasteiger partial charge in [-0.05, 0) is 63.3 Å². The average Bonchev–Trinajstić information content (AvgIpc) is 2.91. The fourth-order valence-corrected chi connectivity index (χ4v) is 3.54. The maximum Gasteiger partial charge on any atom is 0.0626 e. The molecule has 1 atom stereocenters. The molecule has 96 valence electrons. The summed E-state index contributed by atoms with van der Waals surface area (Å²) >= 11 is 11.7. The Hall–Kier alpha value is -0.830. The zero-order valence-electron chi connectivity index (χ0n) is 10.1. The summed E-state index contributed by atoms with van der Waals surface area (Å²) in [7, 11) is 0. The van der Waals surface area contributed by atoms with Gasteiger partial charge < -0.3 is 0 Å². The van der Waals surface area contributed by atoms with Crippen molar-refractivity contribution >= 4 is 49.6 Å². The van der Waals surface area contributed by atoms with Gasteiger partial charge in [0.2, 0.25) is 0 Å². The van der Waals surface area contributed by atoms with Crippen molar-refractivity contribution in [1.82, 2.24) is 0 Å². The van der Waals surface area contributed by atoms with E-state index < -0.39 is 0 Å². The van der Waals surface area contributed by atoms with E-state index >= 15 is 0 Å². The smallest absolute Gasteiger partial charge is 0.0626 e. The highest BCUT2D eigenvalue weighted by molar-refractivity contribution is 9.10. The molecule has 0 saturated heterocycles. The monoisotopic (exact) mass is 350 g/mol. The van der Waals surface area contributed by atoms with Gasteiger partial charge >= 0.3 is 0 Å². The Morgan fingerprint density at radius 2 is 1.84 bits per heavy atom. The molecule has 1 aromatic heterocycles. The van der Waals surface area contributed by atoms with Gasteiger partial charge in [0.25, 0.3) is 0 Å². The fourth-order valence-electron chi connectivity index (χ4n) is 2.16. The maximum atomic E-state index is 6.52. The second kappa shape index (κ2) is 5.66.